The van der Waals surface area contributed by atoms with Gasteiger partial charge in [-0.05, 0) is 41.5 Å². The molecule has 3 aromatic carbocycles. The molecule has 5 heteroatoms. The lowest BCUT2D eigenvalue weighted by Gasteiger charge is -2.09. The summed E-state index contributed by atoms with van der Waals surface area (Å²) in [6.45, 7) is 0.438. The molecule has 3 rings (SSSR count). The lowest BCUT2D eigenvalue weighted by Crippen LogP contribution is -2.14. The molecule has 0 aliphatic rings. The van der Waals surface area contributed by atoms with Crippen molar-refractivity contribution in [2.75, 3.05) is 12.4 Å². The van der Waals surface area contributed by atoms with Crippen LogP contribution in [0, 0.1) is 11.3 Å². The molecule has 144 valence electrons. The van der Waals surface area contributed by atoms with Gasteiger partial charge < -0.3 is 14.8 Å². The van der Waals surface area contributed by atoms with Crippen molar-refractivity contribution in [3.63, 3.8) is 0 Å². The average Bonchev–Trinajstić information content (AvgIpc) is 2.77. The third kappa shape index (κ3) is 5.47. The molecule has 5 nitrogen and oxygen atoms in total. The summed E-state index contributed by atoms with van der Waals surface area (Å²) in [4.78, 5) is 12.5. The first-order valence-corrected chi connectivity index (χ1v) is 9.02. The molecule has 0 aliphatic heterocycles. The predicted octanol–water partition coefficient (Wildman–Crippen LogP) is 4.82. The Bertz CT molecular complexity index is 1050. The van der Waals surface area contributed by atoms with E-state index in [0.717, 1.165) is 5.56 Å². The SMILES string of the molecule is COc1ccccc1NC(=O)/C(C#N)=C/c1cccc(OCc2ccccc2)c1. The standard InChI is InChI=1S/C24H20N2O3/c1-28-23-13-6-5-12-22(23)26-24(27)20(16-25)14-19-10-7-11-21(15-19)29-17-18-8-3-2-4-9-18/h2-15H,17H2,1H3,(H,26,27)/b20-14+. The molecular formula is C24H20N2O3. The monoisotopic (exact) mass is 384 g/mol. The molecule has 0 fully saturated rings. The summed E-state index contributed by atoms with van der Waals surface area (Å²) >= 11 is 0. The van der Waals surface area contributed by atoms with Gasteiger partial charge in [0.25, 0.3) is 5.91 Å². The van der Waals surface area contributed by atoms with E-state index in [1.54, 1.807) is 30.3 Å². The van der Waals surface area contributed by atoms with Crippen molar-refractivity contribution in [2.24, 2.45) is 0 Å². The van der Waals surface area contributed by atoms with Crippen molar-refractivity contribution in [1.29, 1.82) is 5.26 Å². The maximum absolute atomic E-state index is 12.5. The molecular weight excluding hydrogens is 364 g/mol. The van der Waals surface area contributed by atoms with Crippen LogP contribution in [0.2, 0.25) is 0 Å². The Balaban J connectivity index is 1.73. The number of hydrogen-bond donors (Lipinski definition) is 1. The molecule has 3 aromatic rings. The largest absolute Gasteiger partial charge is 0.495 e. The summed E-state index contributed by atoms with van der Waals surface area (Å²) in [7, 11) is 1.52. The number of anilines is 1. The minimum Gasteiger partial charge on any atom is -0.495 e. The van der Waals surface area contributed by atoms with Crippen LogP contribution in [0.5, 0.6) is 11.5 Å². The topological polar surface area (TPSA) is 71.3 Å². The maximum atomic E-state index is 12.5. The van der Waals surface area contributed by atoms with Gasteiger partial charge in [-0.1, -0.05) is 54.6 Å². The number of nitrogens with one attached hydrogen (secondary N) is 1. The molecule has 1 amide bonds. The number of para-hydroxylation sites is 2. The van der Waals surface area contributed by atoms with Gasteiger partial charge in [0, 0.05) is 0 Å². The minimum atomic E-state index is -0.507. The zero-order valence-electron chi connectivity index (χ0n) is 16.0. The molecule has 0 spiro atoms. The molecule has 0 heterocycles. The normalized spacial score (nSPS) is 10.7. The van der Waals surface area contributed by atoms with Gasteiger partial charge in [0.2, 0.25) is 0 Å². The number of ether oxygens (including phenoxy) is 2. The number of nitriles is 1. The molecule has 0 bridgehead atoms. The Labute approximate surface area is 169 Å². The van der Waals surface area contributed by atoms with Crippen molar-refractivity contribution in [2.45, 2.75) is 6.61 Å². The summed E-state index contributed by atoms with van der Waals surface area (Å²) in [5, 5.41) is 12.2. The Kier molecular flexibility index (Phi) is 6.64. The predicted molar refractivity (Wildman–Crippen MR) is 112 cm³/mol. The van der Waals surface area contributed by atoms with E-state index in [0.29, 0.717) is 29.4 Å². The Morgan fingerprint density at radius 2 is 1.79 bits per heavy atom. The van der Waals surface area contributed by atoms with E-state index in [1.165, 1.54) is 13.2 Å². The van der Waals surface area contributed by atoms with Crippen LogP contribution in [0.1, 0.15) is 11.1 Å². The number of benzene rings is 3. The van der Waals surface area contributed by atoms with Crippen LogP contribution >= 0.6 is 0 Å². The molecule has 0 saturated carbocycles. The first kappa shape index (κ1) is 19.7. The molecule has 0 unspecified atom stereocenters. The van der Waals surface area contributed by atoms with Crippen LogP contribution in [-0.2, 0) is 11.4 Å². The Morgan fingerprint density at radius 1 is 1.03 bits per heavy atom. The van der Waals surface area contributed by atoms with E-state index in [9.17, 15) is 10.1 Å². The minimum absolute atomic E-state index is 0.0175. The summed E-state index contributed by atoms with van der Waals surface area (Å²) in [6, 6.07) is 26.1. The Morgan fingerprint density at radius 3 is 2.55 bits per heavy atom. The van der Waals surface area contributed by atoms with Crippen molar-refractivity contribution < 1.29 is 14.3 Å². The Hall–Kier alpha value is -4.04. The lowest BCUT2D eigenvalue weighted by molar-refractivity contribution is -0.112. The molecule has 0 aliphatic carbocycles. The maximum Gasteiger partial charge on any atom is 0.266 e. The number of carbonyl (C=O) groups excluding carboxylic acids is 1. The second kappa shape index (κ2) is 9.77. The van der Waals surface area contributed by atoms with Crippen LogP contribution in [0.25, 0.3) is 6.08 Å². The molecule has 0 saturated heterocycles. The highest BCUT2D eigenvalue weighted by molar-refractivity contribution is 6.10. The number of hydrogen-bond acceptors (Lipinski definition) is 4. The second-order valence-corrected chi connectivity index (χ2v) is 6.17. The number of carbonyl (C=O) groups is 1. The van der Waals surface area contributed by atoms with E-state index in [4.69, 9.17) is 9.47 Å². The van der Waals surface area contributed by atoms with Gasteiger partial charge in [-0.2, -0.15) is 5.26 Å². The summed E-state index contributed by atoms with van der Waals surface area (Å²) in [5.74, 6) is 0.673. The van der Waals surface area contributed by atoms with Gasteiger partial charge in [0.1, 0.15) is 29.7 Å². The van der Waals surface area contributed by atoms with Gasteiger partial charge in [-0.25, -0.2) is 0 Å². The molecule has 29 heavy (non-hydrogen) atoms. The van der Waals surface area contributed by atoms with Gasteiger partial charge >= 0.3 is 0 Å². The van der Waals surface area contributed by atoms with Crippen LogP contribution in [0.15, 0.2) is 84.4 Å². The fourth-order valence-corrected chi connectivity index (χ4v) is 2.69. The van der Waals surface area contributed by atoms with E-state index < -0.39 is 5.91 Å². The van der Waals surface area contributed by atoms with Crippen LogP contribution in [0.3, 0.4) is 0 Å². The van der Waals surface area contributed by atoms with Crippen molar-refractivity contribution >= 4 is 17.7 Å². The van der Waals surface area contributed by atoms with Gasteiger partial charge in [0.05, 0.1) is 12.8 Å². The summed E-state index contributed by atoms with van der Waals surface area (Å²) < 4.78 is 11.0. The van der Waals surface area contributed by atoms with E-state index in [-0.39, 0.29) is 5.57 Å². The van der Waals surface area contributed by atoms with Gasteiger partial charge in [-0.15, -0.1) is 0 Å². The van der Waals surface area contributed by atoms with Crippen LogP contribution in [-0.4, -0.2) is 13.0 Å². The van der Waals surface area contributed by atoms with Gasteiger partial charge in [0.15, 0.2) is 0 Å². The fraction of sp³-hybridized carbons (Fsp3) is 0.0833. The highest BCUT2D eigenvalue weighted by Crippen LogP contribution is 2.24. The van der Waals surface area contributed by atoms with E-state index in [2.05, 4.69) is 5.32 Å². The molecule has 1 N–H and O–H groups in total. The molecule has 0 radical (unpaired) electrons. The fourth-order valence-electron chi connectivity index (χ4n) is 2.69. The highest BCUT2D eigenvalue weighted by Gasteiger charge is 2.12. The third-order valence-electron chi connectivity index (χ3n) is 4.14. The highest BCUT2D eigenvalue weighted by atomic mass is 16.5. The van der Waals surface area contributed by atoms with Crippen molar-refractivity contribution in [3.8, 4) is 17.6 Å². The zero-order valence-corrected chi connectivity index (χ0v) is 16.0. The molecule has 0 aromatic heterocycles. The first-order valence-electron chi connectivity index (χ1n) is 9.02. The van der Waals surface area contributed by atoms with Crippen LogP contribution < -0.4 is 14.8 Å². The van der Waals surface area contributed by atoms with E-state index in [1.807, 2.05) is 54.6 Å². The van der Waals surface area contributed by atoms with Gasteiger partial charge in [-0.3, -0.25) is 4.79 Å². The number of rotatable bonds is 7. The zero-order chi connectivity index (χ0) is 20.5. The summed E-state index contributed by atoms with van der Waals surface area (Å²) in [6.07, 6.45) is 1.53. The number of nitrogens with zero attached hydrogens (tertiary/aromatic N) is 1. The smallest absolute Gasteiger partial charge is 0.266 e. The van der Waals surface area contributed by atoms with Crippen molar-refractivity contribution in [3.05, 3.63) is 95.6 Å². The quantitative estimate of drug-likeness (QED) is 0.468. The third-order valence-corrected chi connectivity index (χ3v) is 4.14. The van der Waals surface area contributed by atoms with Crippen molar-refractivity contribution in [1.82, 2.24) is 0 Å². The summed E-state index contributed by atoms with van der Waals surface area (Å²) in [5.41, 5.74) is 2.24. The van der Waals surface area contributed by atoms with Crippen LogP contribution in [0.4, 0.5) is 5.69 Å². The molecule has 0 atom stereocenters. The first-order chi connectivity index (χ1) is 14.2. The number of methoxy groups -OCH3 is 1. The average molecular weight is 384 g/mol. The second-order valence-electron chi connectivity index (χ2n) is 6.17. The van der Waals surface area contributed by atoms with E-state index >= 15 is 0 Å². The number of amides is 1. The lowest BCUT2D eigenvalue weighted by atomic mass is 10.1.